The fraction of sp³-hybridized carbons (Fsp3) is 0.533. The van der Waals surface area contributed by atoms with E-state index in [0.717, 1.165) is 30.7 Å². The number of hydrogen-bond donors (Lipinski definition) is 1. The van der Waals surface area contributed by atoms with E-state index in [1.165, 1.54) is 0 Å². The number of amides is 1. The fourth-order valence-electron chi connectivity index (χ4n) is 2.16. The van der Waals surface area contributed by atoms with E-state index in [1.54, 1.807) is 0 Å². The van der Waals surface area contributed by atoms with Gasteiger partial charge in [0.1, 0.15) is 5.75 Å². The van der Waals surface area contributed by atoms with Crippen LogP contribution < -0.4 is 10.1 Å². The number of hydrogen-bond acceptors (Lipinski definition) is 2. The number of carbonyl (C=O) groups excluding carboxylic acids is 1. The molecule has 1 unspecified atom stereocenters. The van der Waals surface area contributed by atoms with Crippen molar-refractivity contribution in [3.8, 4) is 5.75 Å². The lowest BCUT2D eigenvalue weighted by Crippen LogP contribution is -2.37. The second kappa shape index (κ2) is 5.89. The first-order valence-corrected chi connectivity index (χ1v) is 6.69. The van der Waals surface area contributed by atoms with Crippen molar-refractivity contribution in [1.29, 1.82) is 0 Å². The van der Waals surface area contributed by atoms with Gasteiger partial charge in [0.15, 0.2) is 6.10 Å². The van der Waals surface area contributed by atoms with Crippen molar-refractivity contribution in [2.75, 3.05) is 6.54 Å². The highest BCUT2D eigenvalue weighted by molar-refractivity contribution is 5.82. The number of benzene rings is 1. The molecule has 98 valence electrons. The van der Waals surface area contributed by atoms with Gasteiger partial charge < -0.3 is 10.1 Å². The van der Waals surface area contributed by atoms with Gasteiger partial charge >= 0.3 is 0 Å². The van der Waals surface area contributed by atoms with Gasteiger partial charge in [-0.3, -0.25) is 4.79 Å². The van der Waals surface area contributed by atoms with Crippen molar-refractivity contribution >= 4 is 5.91 Å². The predicted molar refractivity (Wildman–Crippen MR) is 71.6 cm³/mol. The zero-order chi connectivity index (χ0) is 13.0. The number of carbonyl (C=O) groups is 1. The standard InChI is InChI=1S/C15H21NO2/c1-11(2)6-5-9-16-15(17)14-10-12-7-3-4-8-13(12)18-14/h3-4,7-8,11,14H,5-6,9-10H2,1-2H3,(H,16,17). The number of rotatable bonds is 5. The third-order valence-electron chi connectivity index (χ3n) is 3.20. The summed E-state index contributed by atoms with van der Waals surface area (Å²) in [5.41, 5.74) is 1.12. The molecule has 18 heavy (non-hydrogen) atoms. The Bertz CT molecular complexity index is 390. The van der Waals surface area contributed by atoms with E-state index in [0.29, 0.717) is 12.3 Å². The van der Waals surface area contributed by atoms with Gasteiger partial charge in [-0.1, -0.05) is 32.0 Å². The topological polar surface area (TPSA) is 38.3 Å². The van der Waals surface area contributed by atoms with Gasteiger partial charge in [-0.05, 0) is 30.4 Å². The van der Waals surface area contributed by atoms with Crippen LogP contribution in [0.25, 0.3) is 0 Å². The van der Waals surface area contributed by atoms with Gasteiger partial charge in [0.25, 0.3) is 5.91 Å². The fourth-order valence-corrected chi connectivity index (χ4v) is 2.16. The molecule has 0 aromatic heterocycles. The van der Waals surface area contributed by atoms with Gasteiger partial charge in [0, 0.05) is 13.0 Å². The molecule has 0 bridgehead atoms. The van der Waals surface area contributed by atoms with E-state index < -0.39 is 0 Å². The van der Waals surface area contributed by atoms with Crippen LogP contribution in [-0.2, 0) is 11.2 Å². The lowest BCUT2D eigenvalue weighted by atomic mass is 10.1. The predicted octanol–water partition coefficient (Wildman–Crippen LogP) is 2.54. The molecule has 3 heteroatoms. The summed E-state index contributed by atoms with van der Waals surface area (Å²) < 4.78 is 5.63. The summed E-state index contributed by atoms with van der Waals surface area (Å²) in [6, 6.07) is 7.84. The van der Waals surface area contributed by atoms with Gasteiger partial charge in [-0.2, -0.15) is 0 Å². The van der Waals surface area contributed by atoms with Crippen LogP contribution in [0.2, 0.25) is 0 Å². The SMILES string of the molecule is CC(C)CCCNC(=O)C1Cc2ccccc2O1. The number of fused-ring (bicyclic) bond motifs is 1. The Morgan fingerprint density at radius 3 is 2.94 bits per heavy atom. The smallest absolute Gasteiger partial charge is 0.261 e. The molecule has 0 fully saturated rings. The van der Waals surface area contributed by atoms with Crippen LogP contribution in [0.5, 0.6) is 5.75 Å². The molecule has 1 amide bonds. The third-order valence-corrected chi connectivity index (χ3v) is 3.20. The Labute approximate surface area is 109 Å². The van der Waals surface area contributed by atoms with Crippen LogP contribution >= 0.6 is 0 Å². The minimum Gasteiger partial charge on any atom is -0.480 e. The van der Waals surface area contributed by atoms with Gasteiger partial charge in [-0.25, -0.2) is 0 Å². The molecule has 1 aliphatic rings. The average Bonchev–Trinajstić information content (AvgIpc) is 2.78. The molecule has 0 saturated heterocycles. The number of para-hydroxylation sites is 1. The molecule has 1 aromatic carbocycles. The van der Waals surface area contributed by atoms with Crippen molar-refractivity contribution < 1.29 is 9.53 Å². The van der Waals surface area contributed by atoms with E-state index in [9.17, 15) is 4.79 Å². The third kappa shape index (κ3) is 3.25. The van der Waals surface area contributed by atoms with Crippen LogP contribution in [0.1, 0.15) is 32.3 Å². The van der Waals surface area contributed by atoms with E-state index in [2.05, 4.69) is 19.2 Å². The van der Waals surface area contributed by atoms with Gasteiger partial charge in [-0.15, -0.1) is 0 Å². The first-order valence-electron chi connectivity index (χ1n) is 6.69. The minimum absolute atomic E-state index is 0.00922. The number of ether oxygens (including phenoxy) is 1. The highest BCUT2D eigenvalue weighted by Crippen LogP contribution is 2.28. The van der Waals surface area contributed by atoms with Crippen LogP contribution in [0.4, 0.5) is 0 Å². The molecule has 1 aliphatic heterocycles. The van der Waals surface area contributed by atoms with E-state index in [-0.39, 0.29) is 12.0 Å². The first kappa shape index (κ1) is 12.9. The molecule has 0 radical (unpaired) electrons. The van der Waals surface area contributed by atoms with Crippen LogP contribution in [0.3, 0.4) is 0 Å². The highest BCUT2D eigenvalue weighted by Gasteiger charge is 2.28. The lowest BCUT2D eigenvalue weighted by molar-refractivity contribution is -0.127. The zero-order valence-electron chi connectivity index (χ0n) is 11.1. The van der Waals surface area contributed by atoms with Crippen molar-refractivity contribution in [1.82, 2.24) is 5.32 Å². The summed E-state index contributed by atoms with van der Waals surface area (Å²) >= 11 is 0. The molecule has 1 N–H and O–H groups in total. The summed E-state index contributed by atoms with van der Waals surface area (Å²) in [7, 11) is 0. The Balaban J connectivity index is 1.76. The normalized spacial score (nSPS) is 17.4. The van der Waals surface area contributed by atoms with Gasteiger partial charge in [0.05, 0.1) is 0 Å². The molecule has 1 atom stereocenters. The Morgan fingerprint density at radius 1 is 1.44 bits per heavy atom. The Kier molecular flexibility index (Phi) is 4.24. The quantitative estimate of drug-likeness (QED) is 0.812. The average molecular weight is 247 g/mol. The van der Waals surface area contributed by atoms with E-state index >= 15 is 0 Å². The molecular formula is C15H21NO2. The largest absolute Gasteiger partial charge is 0.480 e. The summed E-state index contributed by atoms with van der Waals surface area (Å²) in [4.78, 5) is 11.9. The Hall–Kier alpha value is -1.51. The van der Waals surface area contributed by atoms with Crippen LogP contribution in [0, 0.1) is 5.92 Å². The lowest BCUT2D eigenvalue weighted by Gasteiger charge is -2.11. The molecule has 0 saturated carbocycles. The second-order valence-corrected chi connectivity index (χ2v) is 5.25. The molecule has 2 rings (SSSR count). The molecular weight excluding hydrogens is 226 g/mol. The maximum absolute atomic E-state index is 11.9. The molecule has 3 nitrogen and oxygen atoms in total. The van der Waals surface area contributed by atoms with E-state index in [1.807, 2.05) is 24.3 Å². The number of nitrogens with one attached hydrogen (secondary N) is 1. The van der Waals surface area contributed by atoms with Crippen molar-refractivity contribution in [2.24, 2.45) is 5.92 Å². The first-order chi connectivity index (χ1) is 8.66. The zero-order valence-corrected chi connectivity index (χ0v) is 11.1. The molecule has 0 aliphatic carbocycles. The Morgan fingerprint density at radius 2 is 2.22 bits per heavy atom. The van der Waals surface area contributed by atoms with Crippen LogP contribution in [-0.4, -0.2) is 18.6 Å². The molecule has 0 spiro atoms. The minimum atomic E-state index is -0.346. The molecule has 1 heterocycles. The van der Waals surface area contributed by atoms with Crippen LogP contribution in [0.15, 0.2) is 24.3 Å². The maximum Gasteiger partial charge on any atom is 0.261 e. The summed E-state index contributed by atoms with van der Waals surface area (Å²) in [5.74, 6) is 1.55. The summed E-state index contributed by atoms with van der Waals surface area (Å²) in [5, 5.41) is 2.95. The van der Waals surface area contributed by atoms with Crippen molar-refractivity contribution in [3.63, 3.8) is 0 Å². The second-order valence-electron chi connectivity index (χ2n) is 5.25. The van der Waals surface area contributed by atoms with Crippen molar-refractivity contribution in [2.45, 2.75) is 39.2 Å². The van der Waals surface area contributed by atoms with Gasteiger partial charge in [0.2, 0.25) is 0 Å². The van der Waals surface area contributed by atoms with Crippen molar-refractivity contribution in [3.05, 3.63) is 29.8 Å². The monoisotopic (exact) mass is 247 g/mol. The molecule has 1 aromatic rings. The highest BCUT2D eigenvalue weighted by atomic mass is 16.5. The summed E-state index contributed by atoms with van der Waals surface area (Å²) in [6.45, 7) is 5.13. The van der Waals surface area contributed by atoms with E-state index in [4.69, 9.17) is 4.74 Å². The maximum atomic E-state index is 11.9. The summed E-state index contributed by atoms with van der Waals surface area (Å²) in [6.07, 6.45) is 2.52.